The van der Waals surface area contributed by atoms with Crippen LogP contribution in [-0.2, 0) is 9.59 Å². The van der Waals surface area contributed by atoms with Crippen molar-refractivity contribution in [3.05, 3.63) is 34.6 Å². The highest BCUT2D eigenvalue weighted by atomic mass is 35.5. The Bertz CT molecular complexity index is 563. The van der Waals surface area contributed by atoms with Crippen LogP contribution in [0, 0.1) is 17.7 Å². The van der Waals surface area contributed by atoms with Gasteiger partial charge in [0.25, 0.3) is 0 Å². The predicted octanol–water partition coefficient (Wildman–Crippen LogP) is 2.43. The first-order valence-corrected chi connectivity index (χ1v) is 7.28. The van der Waals surface area contributed by atoms with Crippen molar-refractivity contribution in [1.82, 2.24) is 10.6 Å². The van der Waals surface area contributed by atoms with Crippen molar-refractivity contribution in [2.75, 3.05) is 6.54 Å². The van der Waals surface area contributed by atoms with E-state index in [4.69, 9.17) is 11.6 Å². The first kappa shape index (κ1) is 15.8. The number of nitrogens with one attached hydrogen (secondary N) is 2. The number of amides is 2. The number of carbonyl (C=O) groups is 2. The third-order valence-electron chi connectivity index (χ3n) is 3.61. The van der Waals surface area contributed by atoms with Gasteiger partial charge in [-0.1, -0.05) is 31.5 Å². The van der Waals surface area contributed by atoms with Gasteiger partial charge in [-0.25, -0.2) is 4.39 Å². The zero-order valence-electron chi connectivity index (χ0n) is 12.0. The van der Waals surface area contributed by atoms with Crippen molar-refractivity contribution < 1.29 is 14.0 Å². The highest BCUT2D eigenvalue weighted by molar-refractivity contribution is 6.30. The molecule has 1 saturated heterocycles. The van der Waals surface area contributed by atoms with Crippen molar-refractivity contribution in [2.24, 2.45) is 11.8 Å². The van der Waals surface area contributed by atoms with Crippen molar-refractivity contribution in [3.63, 3.8) is 0 Å². The van der Waals surface area contributed by atoms with Crippen LogP contribution in [0.25, 0.3) is 0 Å². The van der Waals surface area contributed by atoms with Gasteiger partial charge in [-0.2, -0.15) is 0 Å². The molecule has 1 heterocycles. The summed E-state index contributed by atoms with van der Waals surface area (Å²) in [6.45, 7) is 4.13. The van der Waals surface area contributed by atoms with Gasteiger partial charge in [0.05, 0.1) is 12.0 Å². The van der Waals surface area contributed by atoms with E-state index < -0.39 is 17.8 Å². The number of hydrogen-bond donors (Lipinski definition) is 2. The maximum atomic E-state index is 14.0. The highest BCUT2D eigenvalue weighted by Crippen LogP contribution is 2.27. The standard InChI is InChI=1S/C15H18ClFN2O2/c1-8(2)14(11-4-3-10(16)6-12(11)17)19-15(21)9-5-13(20)18-7-9/h3-4,6,8-9,14H,5,7H2,1-2H3,(H,18,20)(H,19,21)/t9-,14-/m1/s1. The predicted molar refractivity (Wildman–Crippen MR) is 78.2 cm³/mol. The fourth-order valence-corrected chi connectivity index (χ4v) is 2.58. The zero-order chi connectivity index (χ0) is 15.6. The first-order valence-electron chi connectivity index (χ1n) is 6.90. The summed E-state index contributed by atoms with van der Waals surface area (Å²) < 4.78 is 14.0. The molecule has 1 aliphatic heterocycles. The quantitative estimate of drug-likeness (QED) is 0.897. The molecule has 6 heteroatoms. The largest absolute Gasteiger partial charge is 0.355 e. The second-order valence-corrected chi connectivity index (χ2v) is 6.04. The lowest BCUT2D eigenvalue weighted by molar-refractivity contribution is -0.127. The number of hydrogen-bond acceptors (Lipinski definition) is 2. The molecule has 0 unspecified atom stereocenters. The minimum Gasteiger partial charge on any atom is -0.355 e. The lowest BCUT2D eigenvalue weighted by Crippen LogP contribution is -2.37. The van der Waals surface area contributed by atoms with Crippen LogP contribution in [0.1, 0.15) is 31.9 Å². The van der Waals surface area contributed by atoms with Gasteiger partial charge in [-0.3, -0.25) is 9.59 Å². The molecule has 0 saturated carbocycles. The van der Waals surface area contributed by atoms with Gasteiger partial charge in [-0.15, -0.1) is 0 Å². The molecule has 0 bridgehead atoms. The number of halogens is 2. The topological polar surface area (TPSA) is 58.2 Å². The molecule has 21 heavy (non-hydrogen) atoms. The average molecular weight is 313 g/mol. The van der Waals surface area contributed by atoms with Gasteiger partial charge in [0.2, 0.25) is 11.8 Å². The summed E-state index contributed by atoms with van der Waals surface area (Å²) in [5.41, 5.74) is 0.403. The molecule has 0 aromatic heterocycles. The van der Waals surface area contributed by atoms with Crippen LogP contribution in [0.3, 0.4) is 0 Å². The van der Waals surface area contributed by atoms with Gasteiger partial charge < -0.3 is 10.6 Å². The maximum absolute atomic E-state index is 14.0. The Balaban J connectivity index is 2.16. The molecule has 1 aromatic carbocycles. The van der Waals surface area contributed by atoms with Gasteiger partial charge in [0.1, 0.15) is 5.82 Å². The lowest BCUT2D eigenvalue weighted by Gasteiger charge is -2.24. The molecule has 2 atom stereocenters. The number of rotatable bonds is 4. The molecule has 114 valence electrons. The van der Waals surface area contributed by atoms with E-state index in [0.717, 1.165) is 0 Å². The number of benzene rings is 1. The van der Waals surface area contributed by atoms with Crippen molar-refractivity contribution in [2.45, 2.75) is 26.3 Å². The van der Waals surface area contributed by atoms with E-state index in [1.165, 1.54) is 6.07 Å². The van der Waals surface area contributed by atoms with Gasteiger partial charge in [0, 0.05) is 23.6 Å². The molecule has 0 aliphatic carbocycles. The maximum Gasteiger partial charge on any atom is 0.225 e. The smallest absolute Gasteiger partial charge is 0.225 e. The average Bonchev–Trinajstić information content (AvgIpc) is 2.83. The zero-order valence-corrected chi connectivity index (χ0v) is 12.7. The van der Waals surface area contributed by atoms with E-state index in [-0.39, 0.29) is 24.2 Å². The molecule has 4 nitrogen and oxygen atoms in total. The van der Waals surface area contributed by atoms with Gasteiger partial charge >= 0.3 is 0 Å². The molecule has 2 N–H and O–H groups in total. The summed E-state index contributed by atoms with van der Waals surface area (Å²) in [7, 11) is 0. The number of carbonyl (C=O) groups excluding carboxylic acids is 2. The Morgan fingerprint density at radius 1 is 1.48 bits per heavy atom. The fraction of sp³-hybridized carbons (Fsp3) is 0.467. The van der Waals surface area contributed by atoms with Crippen LogP contribution in [0.5, 0.6) is 0 Å². The Hall–Kier alpha value is -1.62. The summed E-state index contributed by atoms with van der Waals surface area (Å²) in [5, 5.41) is 5.78. The van der Waals surface area contributed by atoms with Crippen LogP contribution in [0.15, 0.2) is 18.2 Å². The van der Waals surface area contributed by atoms with Crippen molar-refractivity contribution in [1.29, 1.82) is 0 Å². The van der Waals surface area contributed by atoms with E-state index >= 15 is 0 Å². The monoisotopic (exact) mass is 312 g/mol. The fourth-order valence-electron chi connectivity index (χ4n) is 2.42. The molecular weight excluding hydrogens is 295 g/mol. The van der Waals surface area contributed by atoms with E-state index in [1.807, 2.05) is 13.8 Å². The Kier molecular flexibility index (Phi) is 4.83. The second kappa shape index (κ2) is 6.43. The Morgan fingerprint density at radius 3 is 2.71 bits per heavy atom. The summed E-state index contributed by atoms with van der Waals surface area (Å²) >= 11 is 5.75. The highest BCUT2D eigenvalue weighted by Gasteiger charge is 2.30. The first-order chi connectivity index (χ1) is 9.88. The van der Waals surface area contributed by atoms with E-state index in [9.17, 15) is 14.0 Å². The van der Waals surface area contributed by atoms with Crippen LogP contribution < -0.4 is 10.6 Å². The van der Waals surface area contributed by atoms with E-state index in [2.05, 4.69) is 10.6 Å². The third-order valence-corrected chi connectivity index (χ3v) is 3.85. The van der Waals surface area contributed by atoms with Crippen molar-refractivity contribution >= 4 is 23.4 Å². The van der Waals surface area contributed by atoms with Gasteiger partial charge in [-0.05, 0) is 18.1 Å². The van der Waals surface area contributed by atoms with Crippen LogP contribution in [0.4, 0.5) is 4.39 Å². The Labute approximate surface area is 128 Å². The molecule has 0 radical (unpaired) electrons. The summed E-state index contributed by atoms with van der Waals surface area (Å²) in [4.78, 5) is 23.4. The lowest BCUT2D eigenvalue weighted by atomic mass is 9.94. The molecular formula is C15H18ClFN2O2. The third kappa shape index (κ3) is 3.73. The molecule has 2 amide bonds. The van der Waals surface area contributed by atoms with E-state index in [0.29, 0.717) is 17.1 Å². The minimum absolute atomic E-state index is 0.00897. The molecule has 1 aliphatic rings. The van der Waals surface area contributed by atoms with Gasteiger partial charge in [0.15, 0.2) is 0 Å². The SMILES string of the molecule is CC(C)[C@@H](NC(=O)[C@H]1CNC(=O)C1)c1ccc(Cl)cc1F. The summed E-state index contributed by atoms with van der Waals surface area (Å²) in [6.07, 6.45) is 0.180. The Morgan fingerprint density at radius 2 is 2.19 bits per heavy atom. The minimum atomic E-state index is -0.453. The molecule has 2 rings (SSSR count). The summed E-state index contributed by atoms with van der Waals surface area (Å²) in [5.74, 6) is -1.19. The normalized spacial score (nSPS) is 19.5. The van der Waals surface area contributed by atoms with Crippen molar-refractivity contribution in [3.8, 4) is 0 Å². The van der Waals surface area contributed by atoms with Crippen LogP contribution >= 0.6 is 11.6 Å². The van der Waals surface area contributed by atoms with Crippen LogP contribution in [0.2, 0.25) is 5.02 Å². The van der Waals surface area contributed by atoms with Crippen LogP contribution in [-0.4, -0.2) is 18.4 Å². The molecule has 1 fully saturated rings. The molecule has 1 aromatic rings. The second-order valence-electron chi connectivity index (χ2n) is 5.60. The summed E-state index contributed by atoms with van der Waals surface area (Å²) in [6, 6.07) is 3.97. The van der Waals surface area contributed by atoms with E-state index in [1.54, 1.807) is 12.1 Å². The molecule has 0 spiro atoms.